The van der Waals surface area contributed by atoms with E-state index in [1.54, 1.807) is 22.9 Å². The van der Waals surface area contributed by atoms with Crippen LogP contribution in [0.1, 0.15) is 28.9 Å². The van der Waals surface area contributed by atoms with Crippen molar-refractivity contribution in [3.8, 4) is 0 Å². The molecule has 53 heavy (non-hydrogen) atoms. The summed E-state index contributed by atoms with van der Waals surface area (Å²) in [4.78, 5) is 75.2. The Morgan fingerprint density at radius 3 is 2.21 bits per heavy atom. The van der Waals surface area contributed by atoms with Gasteiger partial charge in [-0.3, -0.25) is 24.2 Å². The molecule has 3 rings (SSSR count). The first-order valence-corrected chi connectivity index (χ1v) is 20.0. The minimum atomic E-state index is -1.28. The Labute approximate surface area is 326 Å². The largest absolute Gasteiger partial charge is 0.480 e. The van der Waals surface area contributed by atoms with Crippen molar-refractivity contribution in [1.82, 2.24) is 35.9 Å². The third kappa shape index (κ3) is 17.7. The van der Waals surface area contributed by atoms with Crippen molar-refractivity contribution in [3.63, 3.8) is 0 Å². The van der Waals surface area contributed by atoms with Gasteiger partial charge >= 0.3 is 5.97 Å². The molecule has 22 heteroatoms. The Morgan fingerprint density at radius 2 is 1.57 bits per heavy atom. The van der Waals surface area contributed by atoms with E-state index < -0.39 is 23.5 Å². The van der Waals surface area contributed by atoms with Crippen LogP contribution in [0, 0.1) is 0 Å². The Morgan fingerprint density at radius 1 is 0.925 bits per heavy atom. The lowest BCUT2D eigenvalue weighted by molar-refractivity contribution is -0.139. The molecule has 0 aliphatic rings. The van der Waals surface area contributed by atoms with Crippen LogP contribution in [0.15, 0.2) is 35.3 Å². The van der Waals surface area contributed by atoms with E-state index in [4.69, 9.17) is 25.7 Å². The van der Waals surface area contributed by atoms with E-state index in [-0.39, 0.29) is 71.1 Å². The van der Waals surface area contributed by atoms with E-state index in [1.807, 2.05) is 0 Å². The third-order valence-electron chi connectivity index (χ3n) is 6.75. The summed E-state index contributed by atoms with van der Waals surface area (Å²) in [6.45, 7) is 2.85. The lowest BCUT2D eigenvalue weighted by atomic mass is 10.1. The number of anilines is 2. The Hall–Kier alpha value is -3.81. The molecule has 3 amide bonds. The first-order valence-electron chi connectivity index (χ1n) is 16.3. The number of nitrogens with zero attached hydrogens (tertiary/aromatic N) is 3. The van der Waals surface area contributed by atoms with Gasteiger partial charge in [0.25, 0.3) is 11.5 Å². The lowest BCUT2D eigenvalue weighted by Crippen LogP contribution is -2.41. The summed E-state index contributed by atoms with van der Waals surface area (Å²) in [5.74, 6) is -1.24. The van der Waals surface area contributed by atoms with Gasteiger partial charge in [0.05, 0.1) is 67.9 Å². The van der Waals surface area contributed by atoms with Crippen LogP contribution in [-0.2, 0) is 35.1 Å². The molecular weight excluding hydrogens is 847 g/mol. The molecule has 2 heterocycles. The van der Waals surface area contributed by atoms with E-state index in [0.29, 0.717) is 56.7 Å². The number of alkyl halides is 1. The van der Waals surface area contributed by atoms with Crippen molar-refractivity contribution < 1.29 is 38.5 Å². The number of ether oxygens (including phenoxy) is 3. The number of carbonyl (C=O) groups is 4. The SMILES string of the molecule is Nc1nc2ncc(CNc3ccc(C(=O)NC(CCC(=O)NCCOCCOCCOCCNC(=O)CSSCC(N)I)C(=O)O)cc3)nc2c(=O)[nH]1. The van der Waals surface area contributed by atoms with E-state index in [1.165, 1.54) is 29.1 Å². The van der Waals surface area contributed by atoms with Crippen LogP contribution >= 0.6 is 44.2 Å². The molecule has 2 atom stereocenters. The summed E-state index contributed by atoms with van der Waals surface area (Å²) in [6.07, 6.45) is 1.23. The van der Waals surface area contributed by atoms with Crippen LogP contribution < -0.4 is 38.3 Å². The van der Waals surface area contributed by atoms with Gasteiger partial charge < -0.3 is 52.1 Å². The molecule has 0 aliphatic carbocycles. The van der Waals surface area contributed by atoms with E-state index in [9.17, 15) is 29.1 Å². The summed E-state index contributed by atoms with van der Waals surface area (Å²) in [5.41, 5.74) is 12.2. The van der Waals surface area contributed by atoms with Crippen LogP contribution in [-0.4, -0.2) is 123 Å². The molecule has 3 aromatic rings. The number of rotatable bonds is 26. The standard InChI is InChI=1S/C31H43IN10O9S2/c32-23(33)17-52-53-18-25(44)36-8-10-50-12-14-51-13-11-49-9-7-35-24(43)6-5-22(30(47)48)40-28(45)19-1-3-20(4-2-19)37-15-21-16-38-27-26(39-21)29(46)42-31(34)41-27/h1-4,16,22-23,37H,5-15,17-18,33H2,(H,35,43)(H,36,44)(H,40,45)(H,47,48)(H3,34,38,41,42,46). The number of carboxylic acids is 1. The molecule has 0 bridgehead atoms. The maximum Gasteiger partial charge on any atom is 0.326 e. The van der Waals surface area contributed by atoms with Gasteiger partial charge in [-0.1, -0.05) is 44.2 Å². The normalized spacial score (nSPS) is 12.2. The molecule has 0 saturated carbocycles. The van der Waals surface area contributed by atoms with Gasteiger partial charge in [0.1, 0.15) is 6.04 Å². The zero-order valence-electron chi connectivity index (χ0n) is 28.6. The number of carboxylic acid groups (broad SMARTS) is 1. The number of H-pyrrole nitrogens is 1. The number of aromatic nitrogens is 4. The number of amides is 3. The lowest BCUT2D eigenvalue weighted by Gasteiger charge is -2.15. The molecule has 2 unspecified atom stereocenters. The average Bonchev–Trinajstić information content (AvgIpc) is 3.12. The minimum Gasteiger partial charge on any atom is -0.480 e. The highest BCUT2D eigenvalue weighted by Crippen LogP contribution is 2.22. The first-order chi connectivity index (χ1) is 25.5. The van der Waals surface area contributed by atoms with Crippen molar-refractivity contribution in [2.75, 3.05) is 75.3 Å². The average molecular weight is 891 g/mol. The van der Waals surface area contributed by atoms with Crippen molar-refractivity contribution in [2.24, 2.45) is 5.73 Å². The van der Waals surface area contributed by atoms with Crippen molar-refractivity contribution in [3.05, 3.63) is 52.1 Å². The number of benzene rings is 1. The number of hydrogen-bond donors (Lipinski definition) is 8. The van der Waals surface area contributed by atoms with E-state index in [2.05, 4.69) is 63.8 Å². The highest BCUT2D eigenvalue weighted by molar-refractivity contribution is 14.1. The molecule has 0 saturated heterocycles. The number of aliphatic carboxylic acids is 1. The second kappa shape index (κ2) is 24.5. The van der Waals surface area contributed by atoms with Crippen molar-refractivity contribution in [1.29, 1.82) is 0 Å². The Kier molecular flexibility index (Phi) is 20.1. The molecular formula is C31H43IN10O9S2. The van der Waals surface area contributed by atoms with Gasteiger partial charge in [-0.05, 0) is 30.7 Å². The number of nitrogen functional groups attached to an aromatic ring is 1. The molecule has 0 spiro atoms. The van der Waals surface area contributed by atoms with Gasteiger partial charge in [0.15, 0.2) is 11.2 Å². The summed E-state index contributed by atoms with van der Waals surface area (Å²) < 4.78 is 16.3. The molecule has 2 aromatic heterocycles. The van der Waals surface area contributed by atoms with Gasteiger partial charge in [0.2, 0.25) is 17.8 Å². The molecule has 19 nitrogen and oxygen atoms in total. The predicted octanol–water partition coefficient (Wildman–Crippen LogP) is 0.254. The summed E-state index contributed by atoms with van der Waals surface area (Å²) in [7, 11) is 3.03. The van der Waals surface area contributed by atoms with Gasteiger partial charge in [-0.15, -0.1) is 0 Å². The maximum atomic E-state index is 12.7. The summed E-state index contributed by atoms with van der Waals surface area (Å²) in [6, 6.07) is 5.01. The molecule has 290 valence electrons. The molecule has 0 aliphatic heterocycles. The van der Waals surface area contributed by atoms with Crippen LogP contribution in [0.2, 0.25) is 0 Å². The third-order valence-corrected chi connectivity index (χ3v) is 10.1. The molecule has 1 aromatic carbocycles. The van der Waals surface area contributed by atoms with Gasteiger partial charge in [-0.25, -0.2) is 14.8 Å². The quantitative estimate of drug-likeness (QED) is 0.0176. The van der Waals surface area contributed by atoms with Crippen LogP contribution in [0.25, 0.3) is 11.2 Å². The molecule has 10 N–H and O–H groups in total. The Balaban J connectivity index is 1.21. The van der Waals surface area contributed by atoms with E-state index in [0.717, 1.165) is 5.75 Å². The smallest absolute Gasteiger partial charge is 0.326 e. The molecule has 0 fully saturated rings. The van der Waals surface area contributed by atoms with E-state index >= 15 is 0 Å². The highest BCUT2D eigenvalue weighted by atomic mass is 127. The number of carbonyl (C=O) groups excluding carboxylic acids is 3. The number of nitrogens with two attached hydrogens (primary N) is 2. The van der Waals surface area contributed by atoms with Crippen LogP contribution in [0.5, 0.6) is 0 Å². The fourth-order valence-electron chi connectivity index (χ4n) is 4.18. The monoisotopic (exact) mass is 890 g/mol. The number of hydrogen-bond acceptors (Lipinski definition) is 16. The van der Waals surface area contributed by atoms with Crippen LogP contribution in [0.4, 0.5) is 11.6 Å². The Bertz CT molecular complexity index is 1690. The maximum absolute atomic E-state index is 12.7. The summed E-state index contributed by atoms with van der Waals surface area (Å²) in [5, 5.41) is 20.6. The van der Waals surface area contributed by atoms with Gasteiger partial charge in [-0.2, -0.15) is 4.98 Å². The molecule has 0 radical (unpaired) electrons. The zero-order valence-corrected chi connectivity index (χ0v) is 32.4. The van der Waals surface area contributed by atoms with Crippen molar-refractivity contribution >= 4 is 90.7 Å². The minimum absolute atomic E-state index is 0.0527. The fraction of sp³-hybridized carbons (Fsp3) is 0.484. The number of fused-ring (bicyclic) bond motifs is 1. The first kappa shape index (κ1) is 43.6. The highest BCUT2D eigenvalue weighted by Gasteiger charge is 2.22. The summed E-state index contributed by atoms with van der Waals surface area (Å²) >= 11 is 2.13. The second-order valence-electron chi connectivity index (χ2n) is 10.9. The zero-order chi connectivity index (χ0) is 38.4. The predicted molar refractivity (Wildman–Crippen MR) is 210 cm³/mol. The number of aromatic amines is 1. The fourth-order valence-corrected chi connectivity index (χ4v) is 7.27. The number of halogens is 1. The second-order valence-corrected chi connectivity index (χ2v) is 15.0. The van der Waals surface area contributed by atoms with Crippen molar-refractivity contribution in [2.45, 2.75) is 29.5 Å². The van der Waals surface area contributed by atoms with Gasteiger partial charge in [0, 0.05) is 36.5 Å². The number of nitrogens with one attached hydrogen (secondary N) is 5. The van der Waals surface area contributed by atoms with Crippen LogP contribution in [0.3, 0.4) is 0 Å². The topological polar surface area (TPSA) is 288 Å².